The van der Waals surface area contributed by atoms with Crippen LogP contribution in [-0.2, 0) is 5.75 Å². The van der Waals surface area contributed by atoms with Crippen molar-refractivity contribution in [3.8, 4) is 0 Å². The first-order valence-corrected chi connectivity index (χ1v) is 7.13. The van der Waals surface area contributed by atoms with E-state index in [0.717, 1.165) is 16.5 Å². The van der Waals surface area contributed by atoms with Crippen LogP contribution in [0.3, 0.4) is 0 Å². The van der Waals surface area contributed by atoms with Gasteiger partial charge in [-0.2, -0.15) is 0 Å². The lowest BCUT2D eigenvalue weighted by Crippen LogP contribution is -2.10. The van der Waals surface area contributed by atoms with Gasteiger partial charge in [0.2, 0.25) is 5.91 Å². The fraction of sp³-hybridized carbons (Fsp3) is 0.308. The molecule has 0 saturated heterocycles. The number of aromatic nitrogens is 3. The molecule has 1 saturated carbocycles. The molecular formula is C13H14N4OS. The number of benzene rings is 1. The van der Waals surface area contributed by atoms with E-state index < -0.39 is 5.91 Å². The molecule has 2 aromatic rings. The Morgan fingerprint density at radius 1 is 1.37 bits per heavy atom. The van der Waals surface area contributed by atoms with E-state index in [2.05, 4.69) is 14.8 Å². The minimum absolute atomic E-state index is 0.396. The molecule has 3 rings (SSSR count). The molecule has 0 spiro atoms. The van der Waals surface area contributed by atoms with Crippen molar-refractivity contribution in [1.82, 2.24) is 14.8 Å². The summed E-state index contributed by atoms with van der Waals surface area (Å²) in [6.45, 7) is 0. The molecule has 0 aliphatic heterocycles. The van der Waals surface area contributed by atoms with Gasteiger partial charge in [0.05, 0.1) is 0 Å². The number of nitrogens with two attached hydrogens (primary N) is 1. The first-order chi connectivity index (χ1) is 9.24. The maximum Gasteiger partial charge on any atom is 0.248 e. The van der Waals surface area contributed by atoms with Crippen LogP contribution in [0.1, 0.15) is 34.8 Å². The number of primary amides is 1. The smallest absolute Gasteiger partial charge is 0.248 e. The second kappa shape index (κ2) is 5.05. The lowest BCUT2D eigenvalue weighted by Gasteiger charge is -2.04. The molecule has 98 valence electrons. The Bertz CT molecular complexity index is 589. The standard InChI is InChI=1S/C13H14N4OS/c14-12(18)10-3-1-9(2-4-10)7-19-13-16-15-8-17(13)11-5-6-11/h1-4,8,11H,5-7H2,(H2,14,18). The zero-order valence-electron chi connectivity index (χ0n) is 10.3. The number of thioether (sulfide) groups is 1. The van der Waals surface area contributed by atoms with Crippen molar-refractivity contribution >= 4 is 17.7 Å². The van der Waals surface area contributed by atoms with Crippen LogP contribution >= 0.6 is 11.8 Å². The zero-order chi connectivity index (χ0) is 13.2. The third-order valence-corrected chi connectivity index (χ3v) is 4.12. The minimum atomic E-state index is -0.396. The predicted molar refractivity (Wildman–Crippen MR) is 72.8 cm³/mol. The van der Waals surface area contributed by atoms with Crippen LogP contribution < -0.4 is 5.73 Å². The van der Waals surface area contributed by atoms with Gasteiger partial charge in [0.15, 0.2) is 5.16 Å². The van der Waals surface area contributed by atoms with Gasteiger partial charge in [0, 0.05) is 17.4 Å². The van der Waals surface area contributed by atoms with E-state index in [1.165, 1.54) is 12.8 Å². The molecule has 19 heavy (non-hydrogen) atoms. The second-order valence-corrected chi connectivity index (χ2v) is 5.54. The number of carbonyl (C=O) groups excluding carboxylic acids is 1. The fourth-order valence-corrected chi connectivity index (χ4v) is 2.79. The van der Waals surface area contributed by atoms with E-state index >= 15 is 0 Å². The van der Waals surface area contributed by atoms with Crippen LogP contribution in [0.2, 0.25) is 0 Å². The number of rotatable bonds is 5. The quantitative estimate of drug-likeness (QED) is 0.846. The molecule has 6 heteroatoms. The predicted octanol–water partition coefficient (Wildman–Crippen LogP) is 2.00. The average molecular weight is 274 g/mol. The lowest BCUT2D eigenvalue weighted by molar-refractivity contribution is 0.100. The molecule has 1 aliphatic rings. The Hall–Kier alpha value is -1.82. The molecule has 1 aromatic heterocycles. The third kappa shape index (κ3) is 2.78. The first-order valence-electron chi connectivity index (χ1n) is 6.15. The number of amides is 1. The maximum absolute atomic E-state index is 11.0. The Morgan fingerprint density at radius 2 is 2.11 bits per heavy atom. The highest BCUT2D eigenvalue weighted by molar-refractivity contribution is 7.98. The normalized spacial score (nSPS) is 14.5. The summed E-state index contributed by atoms with van der Waals surface area (Å²) in [5.41, 5.74) is 6.89. The van der Waals surface area contributed by atoms with E-state index in [1.54, 1.807) is 30.2 Å². The number of carbonyl (C=O) groups is 1. The first kappa shape index (κ1) is 12.2. The summed E-state index contributed by atoms with van der Waals surface area (Å²) in [5, 5.41) is 9.06. The van der Waals surface area contributed by atoms with Crippen molar-refractivity contribution in [2.75, 3.05) is 0 Å². The van der Waals surface area contributed by atoms with Gasteiger partial charge in [0.25, 0.3) is 0 Å². The van der Waals surface area contributed by atoms with Crippen LogP contribution in [0, 0.1) is 0 Å². The summed E-state index contributed by atoms with van der Waals surface area (Å²) in [5.74, 6) is 0.414. The van der Waals surface area contributed by atoms with Crippen molar-refractivity contribution in [3.63, 3.8) is 0 Å². The minimum Gasteiger partial charge on any atom is -0.366 e. The number of hydrogen-bond donors (Lipinski definition) is 1. The van der Waals surface area contributed by atoms with Crippen LogP contribution in [0.5, 0.6) is 0 Å². The summed E-state index contributed by atoms with van der Waals surface area (Å²) >= 11 is 1.66. The van der Waals surface area contributed by atoms with Gasteiger partial charge in [-0.1, -0.05) is 23.9 Å². The summed E-state index contributed by atoms with van der Waals surface area (Å²) < 4.78 is 2.14. The van der Waals surface area contributed by atoms with Gasteiger partial charge in [-0.05, 0) is 30.5 Å². The Balaban J connectivity index is 1.65. The van der Waals surface area contributed by atoms with E-state index in [9.17, 15) is 4.79 Å². The van der Waals surface area contributed by atoms with Crippen LogP contribution in [0.15, 0.2) is 35.7 Å². The summed E-state index contributed by atoms with van der Waals surface area (Å²) in [7, 11) is 0. The molecule has 1 aliphatic carbocycles. The van der Waals surface area contributed by atoms with Gasteiger partial charge in [0.1, 0.15) is 6.33 Å². The van der Waals surface area contributed by atoms with E-state index in [1.807, 2.05) is 12.1 Å². The highest BCUT2D eigenvalue weighted by Crippen LogP contribution is 2.37. The summed E-state index contributed by atoms with van der Waals surface area (Å²) in [6, 6.07) is 7.94. The van der Waals surface area contributed by atoms with E-state index in [4.69, 9.17) is 5.73 Å². The Morgan fingerprint density at radius 3 is 2.74 bits per heavy atom. The van der Waals surface area contributed by atoms with Crippen LogP contribution in [0.25, 0.3) is 0 Å². The van der Waals surface area contributed by atoms with Crippen molar-refractivity contribution < 1.29 is 4.79 Å². The van der Waals surface area contributed by atoms with Crippen molar-refractivity contribution in [2.24, 2.45) is 5.73 Å². The van der Waals surface area contributed by atoms with Gasteiger partial charge in [-0.15, -0.1) is 10.2 Å². The van der Waals surface area contributed by atoms with Crippen LogP contribution in [-0.4, -0.2) is 20.7 Å². The molecule has 1 fully saturated rings. The van der Waals surface area contributed by atoms with E-state index in [-0.39, 0.29) is 0 Å². The number of hydrogen-bond acceptors (Lipinski definition) is 4. The van der Waals surface area contributed by atoms with Crippen molar-refractivity contribution in [3.05, 3.63) is 41.7 Å². The summed E-state index contributed by atoms with van der Waals surface area (Å²) in [4.78, 5) is 11.0. The van der Waals surface area contributed by atoms with E-state index in [0.29, 0.717) is 11.6 Å². The molecule has 0 radical (unpaired) electrons. The van der Waals surface area contributed by atoms with Gasteiger partial charge >= 0.3 is 0 Å². The monoisotopic (exact) mass is 274 g/mol. The molecule has 0 bridgehead atoms. The van der Waals surface area contributed by atoms with Crippen LogP contribution in [0.4, 0.5) is 0 Å². The fourth-order valence-electron chi connectivity index (χ4n) is 1.85. The molecule has 2 N–H and O–H groups in total. The SMILES string of the molecule is NC(=O)c1ccc(CSc2nncn2C2CC2)cc1. The molecule has 1 aromatic carbocycles. The zero-order valence-corrected chi connectivity index (χ0v) is 11.1. The summed E-state index contributed by atoms with van der Waals surface area (Å²) in [6.07, 6.45) is 4.24. The topological polar surface area (TPSA) is 73.8 Å². The Kier molecular flexibility index (Phi) is 3.25. The van der Waals surface area contributed by atoms with Crippen molar-refractivity contribution in [1.29, 1.82) is 0 Å². The third-order valence-electron chi connectivity index (χ3n) is 3.09. The number of nitrogens with zero attached hydrogens (tertiary/aromatic N) is 3. The van der Waals surface area contributed by atoms with Gasteiger partial charge in [-0.25, -0.2) is 0 Å². The highest BCUT2D eigenvalue weighted by atomic mass is 32.2. The van der Waals surface area contributed by atoms with Gasteiger partial charge < -0.3 is 10.3 Å². The molecule has 0 atom stereocenters. The molecular weight excluding hydrogens is 260 g/mol. The average Bonchev–Trinajstić information content (AvgIpc) is 3.16. The molecule has 1 amide bonds. The van der Waals surface area contributed by atoms with Crippen molar-refractivity contribution in [2.45, 2.75) is 29.8 Å². The largest absolute Gasteiger partial charge is 0.366 e. The van der Waals surface area contributed by atoms with Gasteiger partial charge in [-0.3, -0.25) is 4.79 Å². The molecule has 0 unspecified atom stereocenters. The lowest BCUT2D eigenvalue weighted by atomic mass is 10.1. The highest BCUT2D eigenvalue weighted by Gasteiger charge is 2.26. The maximum atomic E-state index is 11.0. The molecule has 1 heterocycles. The second-order valence-electron chi connectivity index (χ2n) is 4.60. The molecule has 5 nitrogen and oxygen atoms in total. The Labute approximate surface area is 115 Å².